The number of carbonyl (C=O) groups excluding carboxylic acids is 6. The molecule has 0 aromatic heterocycles. The number of halogens is 3. The van der Waals surface area contributed by atoms with Gasteiger partial charge in [0.1, 0.15) is 24.6 Å². The van der Waals surface area contributed by atoms with Crippen LogP contribution in [0.1, 0.15) is 94.6 Å². The fourth-order valence-electron chi connectivity index (χ4n) is 11.8. The molecule has 0 bridgehead atoms. The number of ether oxygens (including phenoxy) is 2. The Morgan fingerprint density at radius 2 is 1.75 bits per heavy atom. The van der Waals surface area contributed by atoms with Gasteiger partial charge in [0.25, 0.3) is 0 Å². The number of aliphatic hydroxyl groups is 3. The number of hydrogen-bond acceptors (Lipinski definition) is 12. The summed E-state index contributed by atoms with van der Waals surface area (Å²) in [6.45, 7) is 2.09. The van der Waals surface area contributed by atoms with Crippen molar-refractivity contribution in [3.63, 3.8) is 0 Å². The molecule has 0 spiro atoms. The summed E-state index contributed by atoms with van der Waals surface area (Å²) in [6, 6.07) is 13.3. The molecule has 1 heterocycles. The topological polar surface area (TPSA) is 232 Å². The molecule has 17 heteroatoms. The molecule has 4 fully saturated rings. The highest BCUT2D eigenvalue weighted by Crippen LogP contribution is 2.72. The van der Waals surface area contributed by atoms with Crippen molar-refractivity contribution >= 4 is 56.6 Å². The van der Waals surface area contributed by atoms with Crippen molar-refractivity contribution < 1.29 is 62.3 Å². The lowest BCUT2D eigenvalue weighted by atomic mass is 9.44. The number of ketones is 4. The molecule has 5 aliphatic rings. The lowest BCUT2D eigenvalue weighted by molar-refractivity contribution is -0.235. The molecule has 2 amide bonds. The molecule has 7 rings (SSSR count). The molecule has 7 N–H and O–H groups in total. The third-order valence-corrected chi connectivity index (χ3v) is 15.9. The average molecular weight is 997 g/mol. The van der Waals surface area contributed by atoms with Gasteiger partial charge < -0.3 is 41.2 Å². The number of carbonyl (C=O) groups is 6. The predicted octanol–water partition coefficient (Wildman–Crippen LogP) is 4.78. The molecule has 1 saturated heterocycles. The van der Waals surface area contributed by atoms with Gasteiger partial charge in [0.2, 0.25) is 11.8 Å². The van der Waals surface area contributed by atoms with Crippen molar-refractivity contribution in [2.24, 2.45) is 34.3 Å². The van der Waals surface area contributed by atoms with E-state index in [-0.39, 0.29) is 55.2 Å². The number of hydrogen-bond donors (Lipinski definition) is 6. The van der Waals surface area contributed by atoms with E-state index in [1.165, 1.54) is 19.1 Å². The van der Waals surface area contributed by atoms with Gasteiger partial charge in [-0.15, -0.1) is 0 Å². The minimum atomic E-state index is -2.36. The van der Waals surface area contributed by atoms with E-state index in [1.807, 2.05) is 24.3 Å². The van der Waals surface area contributed by atoms with Gasteiger partial charge in [0, 0.05) is 53.2 Å². The van der Waals surface area contributed by atoms with Gasteiger partial charge in [-0.3, -0.25) is 28.8 Å². The summed E-state index contributed by atoms with van der Waals surface area (Å²) >= 11 is 3.04. The highest BCUT2D eigenvalue weighted by molar-refractivity contribution is 9.09. The molecule has 2 aromatic rings. The Bertz CT molecular complexity index is 2310. The van der Waals surface area contributed by atoms with Crippen LogP contribution in [0.15, 0.2) is 72.3 Å². The van der Waals surface area contributed by atoms with Crippen LogP contribution in [0.3, 0.4) is 0 Å². The van der Waals surface area contributed by atoms with Gasteiger partial charge in [0.05, 0.1) is 24.1 Å². The van der Waals surface area contributed by atoms with E-state index >= 15 is 8.78 Å². The first-order valence-corrected chi connectivity index (χ1v) is 24.1. The maximum atomic E-state index is 17.8. The fourth-order valence-corrected chi connectivity index (χ4v) is 12.1. The van der Waals surface area contributed by atoms with Gasteiger partial charge in [0.15, 0.2) is 34.9 Å². The Morgan fingerprint density at radius 1 is 1.00 bits per heavy atom. The maximum absolute atomic E-state index is 17.8. The van der Waals surface area contributed by atoms with E-state index in [9.17, 15) is 44.1 Å². The van der Waals surface area contributed by atoms with Crippen molar-refractivity contribution in [2.75, 3.05) is 30.4 Å². The second-order valence-electron chi connectivity index (χ2n) is 19.2. The normalized spacial score (nSPS) is 32.5. The molecule has 2 aromatic carbocycles. The number of alkyl halides is 3. The molecule has 67 heavy (non-hydrogen) atoms. The molecule has 1 aliphatic heterocycles. The molecule has 362 valence electrons. The monoisotopic (exact) mass is 995 g/mol. The summed E-state index contributed by atoms with van der Waals surface area (Å²) in [5, 5.41) is 37.6. The Morgan fingerprint density at radius 3 is 2.43 bits per heavy atom. The third kappa shape index (κ3) is 9.29. The van der Waals surface area contributed by atoms with Crippen LogP contribution in [0.25, 0.3) is 0 Å². The van der Waals surface area contributed by atoms with Crippen LogP contribution >= 0.6 is 15.9 Å². The molecule has 3 saturated carbocycles. The number of benzene rings is 2. The molecule has 14 nitrogen and oxygen atoms in total. The minimum Gasteiger partial charge on any atom is -0.394 e. The number of unbranched alkanes of at least 4 members (excludes halogenated alkanes) is 1. The second-order valence-corrected chi connectivity index (χ2v) is 19.8. The van der Waals surface area contributed by atoms with Gasteiger partial charge in [-0.25, -0.2) is 8.78 Å². The van der Waals surface area contributed by atoms with E-state index in [2.05, 4.69) is 26.6 Å². The van der Waals surface area contributed by atoms with Crippen molar-refractivity contribution in [1.29, 1.82) is 0 Å². The number of Topliss-reactive ketones (excluding diaryl/α,β-unsaturated/α-hetero) is 3. The van der Waals surface area contributed by atoms with Crippen molar-refractivity contribution in [3.8, 4) is 0 Å². The molecule has 4 aliphatic carbocycles. The number of anilines is 1. The van der Waals surface area contributed by atoms with Crippen LogP contribution in [-0.2, 0) is 44.7 Å². The third-order valence-electron chi connectivity index (χ3n) is 15.3. The first kappa shape index (κ1) is 50.5. The van der Waals surface area contributed by atoms with Crippen molar-refractivity contribution in [1.82, 2.24) is 5.32 Å². The van der Waals surface area contributed by atoms with Gasteiger partial charge in [-0.1, -0.05) is 71.7 Å². The second kappa shape index (κ2) is 20.3. The zero-order chi connectivity index (χ0) is 48.5. The fraction of sp³-hybridized carbons (Fsp3) is 0.560. The summed E-state index contributed by atoms with van der Waals surface area (Å²) in [7, 11) is 0. The van der Waals surface area contributed by atoms with Gasteiger partial charge in [-0.2, -0.15) is 0 Å². The zero-order valence-electron chi connectivity index (χ0n) is 37.7. The summed E-state index contributed by atoms with van der Waals surface area (Å²) in [5.74, 6) is -5.29. The van der Waals surface area contributed by atoms with Crippen molar-refractivity contribution in [3.05, 3.63) is 89.0 Å². The summed E-state index contributed by atoms with van der Waals surface area (Å²) in [6.07, 6.45) is -0.443. The summed E-state index contributed by atoms with van der Waals surface area (Å²) in [5.41, 5.74) is 1.50. The smallest absolute Gasteiger partial charge is 0.227 e. The Balaban J connectivity index is 1.02. The predicted molar refractivity (Wildman–Crippen MR) is 245 cm³/mol. The van der Waals surface area contributed by atoms with Crippen LogP contribution in [0.4, 0.5) is 14.5 Å². The van der Waals surface area contributed by atoms with E-state index < -0.39 is 113 Å². The number of fused-ring (bicyclic) bond motifs is 7. The number of nitrogens with one attached hydrogen (secondary N) is 2. The number of aliphatic hydroxyl groups excluding tert-OH is 3. The highest BCUT2D eigenvalue weighted by atomic mass is 79.9. The first-order chi connectivity index (χ1) is 31.9. The Hall–Kier alpha value is -4.36. The van der Waals surface area contributed by atoms with E-state index in [0.29, 0.717) is 43.5 Å². The quantitative estimate of drug-likeness (QED) is 0.0778. The zero-order valence-corrected chi connectivity index (χ0v) is 39.3. The Kier molecular flexibility index (Phi) is 15.3. The maximum Gasteiger partial charge on any atom is 0.227 e. The van der Waals surface area contributed by atoms with Crippen LogP contribution in [0, 0.1) is 28.6 Å². The summed E-state index contributed by atoms with van der Waals surface area (Å²) in [4.78, 5) is 77.1. The van der Waals surface area contributed by atoms with Gasteiger partial charge in [-0.05, 0) is 98.9 Å². The largest absolute Gasteiger partial charge is 0.394 e. The Labute approximate surface area is 396 Å². The van der Waals surface area contributed by atoms with E-state index in [4.69, 9.17) is 15.2 Å². The number of nitrogens with two attached hydrogens (primary N) is 1. The summed E-state index contributed by atoms with van der Waals surface area (Å²) < 4.78 is 46.9. The number of allylic oxidation sites excluding steroid dienone is 4. The highest BCUT2D eigenvalue weighted by Gasteiger charge is 2.80. The van der Waals surface area contributed by atoms with E-state index in [1.54, 1.807) is 31.2 Å². The van der Waals surface area contributed by atoms with Gasteiger partial charge >= 0.3 is 0 Å². The lowest BCUT2D eigenvalue weighted by Crippen LogP contribution is -2.70. The molecular weight excluding hydrogens is 936 g/mol. The van der Waals surface area contributed by atoms with Crippen LogP contribution in [-0.4, -0.2) is 111 Å². The SMILES string of the molecule is C[C@]12C=CC(=O)C=C1[C@@H](F)C[C@H]1[C@@H]3C[C@H]4O[C@@H](c5ccc(Cc6cccc(NC(=O)[C@H](CCCCN)CC(=O)[C@H](CO)NC(=O)CCC(=O)CBr)c6)cc5)O[C@@]4(C(=O)CO)[C@@]3(C)C[C@H](O)[C@@]12F. The first-order valence-electron chi connectivity index (χ1n) is 23.0. The number of rotatable bonds is 20. The molecular formula is C50H60BrF2N3O11. The molecule has 0 radical (unpaired) electrons. The molecule has 12 atom stereocenters. The van der Waals surface area contributed by atoms with Crippen LogP contribution in [0.2, 0.25) is 0 Å². The van der Waals surface area contributed by atoms with Crippen molar-refractivity contribution in [2.45, 2.75) is 120 Å². The van der Waals surface area contributed by atoms with E-state index in [0.717, 1.165) is 17.2 Å². The minimum absolute atomic E-state index is 0.00287. The van der Waals surface area contributed by atoms with Crippen LogP contribution < -0.4 is 16.4 Å². The lowest BCUT2D eigenvalue weighted by Gasteiger charge is -2.63. The standard InChI is InChI=1S/C50H60BrF2N3O11/c1-47-16-15-33(59)21-37(47)38(52)22-36-35-23-43-50(42(63)27-58,48(35,2)24-41(62)49(36,47)53)67-46(66-43)30-11-9-28(10-12-30)18-29-6-5-8-32(19-29)55-45(65)31(7-3-4-17-54)20-40(61)39(26-57)56-44(64)14-13-34(60)25-51/h5-6,8-12,15-16,19,21,31,35-36,38-39,41,43,46,57-58,62H,3-4,7,13-14,17-18,20,22-27,54H2,1-2H3,(H,55,65)(H,56,64)/t31-,35+,36+,38+,39+,41+,43-,46-,47+,48+,49+,50-/m1/s1. The average Bonchev–Trinajstić information content (AvgIpc) is 3.81. The molecule has 0 unspecified atom stereocenters. The number of amides is 2. The van der Waals surface area contributed by atoms with Crippen LogP contribution in [0.5, 0.6) is 0 Å².